The summed E-state index contributed by atoms with van der Waals surface area (Å²) in [5.74, 6) is 2.00. The number of nitrogens with two attached hydrogens (primary N) is 1. The predicted molar refractivity (Wildman–Crippen MR) is 79.0 cm³/mol. The summed E-state index contributed by atoms with van der Waals surface area (Å²) >= 11 is 0. The minimum Gasteiger partial charge on any atom is -0.368 e. The zero-order valence-electron chi connectivity index (χ0n) is 11.3. The fraction of sp³-hybridized carbons (Fsp3) is 0.467. The van der Waals surface area contributed by atoms with Gasteiger partial charge in [-0.25, -0.2) is 4.98 Å². The van der Waals surface area contributed by atoms with E-state index < -0.39 is 0 Å². The summed E-state index contributed by atoms with van der Waals surface area (Å²) in [6, 6.07) is 8.50. The molecule has 0 saturated heterocycles. The van der Waals surface area contributed by atoms with E-state index in [1.165, 1.54) is 25.7 Å². The highest BCUT2D eigenvalue weighted by molar-refractivity contribution is 5.89. The average molecular weight is 256 g/mol. The molecule has 1 saturated carbocycles. The number of benzene rings is 1. The molecule has 19 heavy (non-hydrogen) atoms. The maximum Gasteiger partial charge on any atom is 0.222 e. The van der Waals surface area contributed by atoms with Crippen molar-refractivity contribution in [2.24, 2.45) is 5.92 Å². The zero-order chi connectivity index (χ0) is 13.2. The van der Waals surface area contributed by atoms with Gasteiger partial charge in [-0.3, -0.25) is 0 Å². The van der Waals surface area contributed by atoms with Crippen molar-refractivity contribution in [3.8, 4) is 0 Å². The molecule has 0 amide bonds. The Labute approximate surface area is 113 Å². The van der Waals surface area contributed by atoms with Crippen molar-refractivity contribution in [2.75, 3.05) is 11.1 Å². The minimum atomic E-state index is 0.338. The first-order chi connectivity index (χ1) is 9.22. The largest absolute Gasteiger partial charge is 0.368 e. The SMILES string of the molecule is CC1CCCC(Nc2nc(N)nc3ccccc23)C1. The second-order valence-electron chi connectivity index (χ2n) is 5.56. The van der Waals surface area contributed by atoms with Crippen molar-refractivity contribution in [3.63, 3.8) is 0 Å². The van der Waals surface area contributed by atoms with Crippen LogP contribution in [0.4, 0.5) is 11.8 Å². The number of aromatic nitrogens is 2. The van der Waals surface area contributed by atoms with E-state index in [-0.39, 0.29) is 0 Å². The van der Waals surface area contributed by atoms with Crippen LogP contribution in [0.25, 0.3) is 10.9 Å². The molecule has 2 atom stereocenters. The number of fused-ring (bicyclic) bond motifs is 1. The summed E-state index contributed by atoms with van der Waals surface area (Å²) in [5.41, 5.74) is 6.70. The van der Waals surface area contributed by atoms with Gasteiger partial charge in [0.25, 0.3) is 0 Å². The topological polar surface area (TPSA) is 63.8 Å². The predicted octanol–water partition coefficient (Wildman–Crippen LogP) is 3.20. The maximum absolute atomic E-state index is 5.79. The van der Waals surface area contributed by atoms with Crippen molar-refractivity contribution < 1.29 is 0 Å². The third kappa shape index (κ3) is 2.62. The van der Waals surface area contributed by atoms with Crippen LogP contribution in [-0.2, 0) is 0 Å². The van der Waals surface area contributed by atoms with E-state index in [0.29, 0.717) is 12.0 Å². The number of hydrogen-bond donors (Lipinski definition) is 2. The molecule has 1 fully saturated rings. The summed E-state index contributed by atoms with van der Waals surface area (Å²) in [4.78, 5) is 8.65. The van der Waals surface area contributed by atoms with E-state index >= 15 is 0 Å². The number of nitrogens with one attached hydrogen (secondary N) is 1. The first-order valence-electron chi connectivity index (χ1n) is 7.01. The number of anilines is 2. The molecule has 3 rings (SSSR count). The molecule has 2 aromatic rings. The van der Waals surface area contributed by atoms with Crippen molar-refractivity contribution >= 4 is 22.7 Å². The number of hydrogen-bond acceptors (Lipinski definition) is 4. The van der Waals surface area contributed by atoms with E-state index in [9.17, 15) is 0 Å². The Morgan fingerprint density at radius 2 is 2.05 bits per heavy atom. The van der Waals surface area contributed by atoms with Gasteiger partial charge in [-0.1, -0.05) is 31.9 Å². The average Bonchev–Trinajstić information content (AvgIpc) is 2.38. The molecule has 3 N–H and O–H groups in total. The van der Waals surface area contributed by atoms with Gasteiger partial charge in [0.05, 0.1) is 5.52 Å². The lowest BCUT2D eigenvalue weighted by atomic mass is 9.87. The number of rotatable bonds is 2. The summed E-state index contributed by atoms with van der Waals surface area (Å²) in [6.07, 6.45) is 5.04. The number of para-hydroxylation sites is 1. The lowest BCUT2D eigenvalue weighted by molar-refractivity contribution is 0.358. The fourth-order valence-electron chi connectivity index (χ4n) is 2.96. The monoisotopic (exact) mass is 256 g/mol. The molecule has 0 radical (unpaired) electrons. The van der Waals surface area contributed by atoms with Gasteiger partial charge in [-0.15, -0.1) is 0 Å². The smallest absolute Gasteiger partial charge is 0.222 e. The molecule has 1 aromatic carbocycles. The molecule has 0 aliphatic heterocycles. The molecule has 0 spiro atoms. The van der Waals surface area contributed by atoms with Gasteiger partial charge in [-0.05, 0) is 30.9 Å². The Bertz CT molecular complexity index is 581. The first kappa shape index (κ1) is 12.2. The van der Waals surface area contributed by atoms with Gasteiger partial charge < -0.3 is 11.1 Å². The molecule has 2 unspecified atom stereocenters. The highest BCUT2D eigenvalue weighted by Gasteiger charge is 2.19. The van der Waals surface area contributed by atoms with Gasteiger partial charge in [0.15, 0.2) is 0 Å². The third-order valence-electron chi connectivity index (χ3n) is 3.90. The van der Waals surface area contributed by atoms with Gasteiger partial charge >= 0.3 is 0 Å². The molecule has 100 valence electrons. The molecule has 4 heteroatoms. The molecular weight excluding hydrogens is 236 g/mol. The Kier molecular flexibility index (Phi) is 3.23. The summed E-state index contributed by atoms with van der Waals surface area (Å²) < 4.78 is 0. The highest BCUT2D eigenvalue weighted by atomic mass is 15.1. The normalized spacial score (nSPS) is 23.4. The lowest BCUT2D eigenvalue weighted by Crippen LogP contribution is -2.26. The van der Waals surface area contributed by atoms with Crippen LogP contribution in [0.2, 0.25) is 0 Å². The zero-order valence-corrected chi connectivity index (χ0v) is 11.3. The van der Waals surface area contributed by atoms with Crippen molar-refractivity contribution in [2.45, 2.75) is 38.6 Å². The van der Waals surface area contributed by atoms with Crippen molar-refractivity contribution in [1.82, 2.24) is 9.97 Å². The highest BCUT2D eigenvalue weighted by Crippen LogP contribution is 2.28. The number of nitrogens with zero attached hydrogens (tertiary/aromatic N) is 2. The Balaban J connectivity index is 1.91. The van der Waals surface area contributed by atoms with Crippen LogP contribution in [-0.4, -0.2) is 16.0 Å². The Morgan fingerprint density at radius 1 is 1.21 bits per heavy atom. The van der Waals surface area contributed by atoms with Crippen LogP contribution in [0.5, 0.6) is 0 Å². The van der Waals surface area contributed by atoms with Crippen molar-refractivity contribution in [1.29, 1.82) is 0 Å². The van der Waals surface area contributed by atoms with Gasteiger partial charge in [0.2, 0.25) is 5.95 Å². The molecule has 1 heterocycles. The minimum absolute atomic E-state index is 0.338. The second kappa shape index (κ2) is 5.03. The maximum atomic E-state index is 5.79. The van der Waals surface area contributed by atoms with Crippen LogP contribution >= 0.6 is 0 Å². The lowest BCUT2D eigenvalue weighted by Gasteiger charge is -2.28. The fourth-order valence-corrected chi connectivity index (χ4v) is 2.96. The molecular formula is C15H20N4. The van der Waals surface area contributed by atoms with Gasteiger partial charge in [0.1, 0.15) is 5.82 Å². The van der Waals surface area contributed by atoms with Crippen LogP contribution < -0.4 is 11.1 Å². The van der Waals surface area contributed by atoms with E-state index in [1.807, 2.05) is 24.3 Å². The first-order valence-corrected chi connectivity index (χ1v) is 7.01. The molecule has 0 bridgehead atoms. The second-order valence-corrected chi connectivity index (χ2v) is 5.56. The van der Waals surface area contributed by atoms with Crippen LogP contribution in [0.1, 0.15) is 32.6 Å². The summed E-state index contributed by atoms with van der Waals surface area (Å²) in [5, 5.41) is 4.61. The van der Waals surface area contributed by atoms with Crippen molar-refractivity contribution in [3.05, 3.63) is 24.3 Å². The van der Waals surface area contributed by atoms with E-state index in [1.54, 1.807) is 0 Å². The van der Waals surface area contributed by atoms with Crippen LogP contribution in [0.15, 0.2) is 24.3 Å². The van der Waals surface area contributed by atoms with E-state index in [0.717, 1.165) is 22.6 Å². The standard InChI is InChI=1S/C15H20N4/c1-10-5-4-6-11(9-10)17-14-12-7-2-3-8-13(12)18-15(16)19-14/h2-3,7-8,10-11H,4-6,9H2,1H3,(H3,16,17,18,19). The number of nitrogen functional groups attached to an aromatic ring is 1. The van der Waals surface area contributed by atoms with Gasteiger partial charge in [-0.2, -0.15) is 4.98 Å². The molecule has 4 nitrogen and oxygen atoms in total. The quantitative estimate of drug-likeness (QED) is 0.866. The molecule has 1 aliphatic rings. The summed E-state index contributed by atoms with van der Waals surface area (Å²) in [7, 11) is 0. The van der Waals surface area contributed by atoms with Crippen LogP contribution in [0.3, 0.4) is 0 Å². The Hall–Kier alpha value is -1.84. The third-order valence-corrected chi connectivity index (χ3v) is 3.90. The molecule has 1 aliphatic carbocycles. The van der Waals surface area contributed by atoms with Crippen LogP contribution in [0, 0.1) is 5.92 Å². The molecule has 1 aromatic heterocycles. The summed E-state index contributed by atoms with van der Waals surface area (Å²) in [6.45, 7) is 2.32. The van der Waals surface area contributed by atoms with Gasteiger partial charge in [0, 0.05) is 11.4 Å². The van der Waals surface area contributed by atoms with E-state index in [2.05, 4.69) is 22.2 Å². The van der Waals surface area contributed by atoms with E-state index in [4.69, 9.17) is 5.73 Å². The Morgan fingerprint density at radius 3 is 2.89 bits per heavy atom.